The van der Waals surface area contributed by atoms with E-state index in [1.807, 2.05) is 18.2 Å². The number of carbonyl (C=O) groups excluding carboxylic acids is 1. The van der Waals surface area contributed by atoms with E-state index in [1.165, 1.54) is 11.1 Å². The molecule has 1 saturated heterocycles. The number of nitrogens with one attached hydrogen (secondary N) is 1. The minimum Gasteiger partial charge on any atom is -0.352 e. The molecule has 168 valence electrons. The lowest BCUT2D eigenvalue weighted by molar-refractivity contribution is -0.125. The first kappa shape index (κ1) is 21.2. The van der Waals surface area contributed by atoms with Crippen LogP contribution in [0.15, 0.2) is 73.1 Å². The second-order valence-corrected chi connectivity index (χ2v) is 8.75. The average Bonchev–Trinajstić information content (AvgIpc) is 3.23. The molecule has 6 nitrogen and oxygen atoms in total. The van der Waals surface area contributed by atoms with E-state index in [9.17, 15) is 4.79 Å². The SMILES string of the molecule is Cc1ccccc1Cn1c(N2CCC(C(=O)NCc3cccnc3)CC2)nc2ccccc21. The average molecular weight is 440 g/mol. The molecule has 2 aromatic carbocycles. The summed E-state index contributed by atoms with van der Waals surface area (Å²) < 4.78 is 2.32. The van der Waals surface area contributed by atoms with Crippen LogP contribution in [-0.4, -0.2) is 33.5 Å². The number of piperidine rings is 1. The Morgan fingerprint density at radius 2 is 1.82 bits per heavy atom. The molecule has 0 bridgehead atoms. The highest BCUT2D eigenvalue weighted by Gasteiger charge is 2.27. The Balaban J connectivity index is 1.30. The highest BCUT2D eigenvalue weighted by Crippen LogP contribution is 2.28. The molecule has 2 aromatic heterocycles. The van der Waals surface area contributed by atoms with E-state index in [4.69, 9.17) is 4.98 Å². The van der Waals surface area contributed by atoms with E-state index in [0.29, 0.717) is 6.54 Å². The summed E-state index contributed by atoms with van der Waals surface area (Å²) in [6.45, 7) is 5.11. The summed E-state index contributed by atoms with van der Waals surface area (Å²) in [5, 5.41) is 3.08. The van der Waals surface area contributed by atoms with Gasteiger partial charge in [0.25, 0.3) is 0 Å². The molecule has 1 amide bonds. The van der Waals surface area contributed by atoms with Crippen molar-refractivity contribution < 1.29 is 4.79 Å². The number of rotatable bonds is 6. The molecule has 0 radical (unpaired) electrons. The summed E-state index contributed by atoms with van der Waals surface area (Å²) in [7, 11) is 0. The van der Waals surface area contributed by atoms with Gasteiger partial charge in [0.05, 0.1) is 17.6 Å². The van der Waals surface area contributed by atoms with Gasteiger partial charge < -0.3 is 14.8 Å². The standard InChI is InChI=1S/C27H29N5O/c1-20-7-2-3-9-23(20)19-32-25-11-5-4-10-24(25)30-27(32)31-15-12-22(13-16-31)26(33)29-18-21-8-6-14-28-17-21/h2-11,14,17,22H,12-13,15-16,18-19H2,1H3,(H,29,33). The number of hydrogen-bond donors (Lipinski definition) is 1. The lowest BCUT2D eigenvalue weighted by Gasteiger charge is -2.32. The summed E-state index contributed by atoms with van der Waals surface area (Å²) in [6.07, 6.45) is 5.19. The zero-order valence-electron chi connectivity index (χ0n) is 18.9. The molecular formula is C27H29N5O. The maximum atomic E-state index is 12.7. The highest BCUT2D eigenvalue weighted by atomic mass is 16.1. The van der Waals surface area contributed by atoms with Crippen LogP contribution in [0.25, 0.3) is 11.0 Å². The molecule has 3 heterocycles. The highest BCUT2D eigenvalue weighted by molar-refractivity contribution is 5.80. The number of amides is 1. The van der Waals surface area contributed by atoms with Crippen molar-refractivity contribution in [1.82, 2.24) is 19.9 Å². The lowest BCUT2D eigenvalue weighted by Crippen LogP contribution is -2.41. The summed E-state index contributed by atoms with van der Waals surface area (Å²) >= 11 is 0. The molecule has 1 aliphatic rings. The summed E-state index contributed by atoms with van der Waals surface area (Å²) in [4.78, 5) is 24.2. The van der Waals surface area contributed by atoms with Gasteiger partial charge in [0.2, 0.25) is 11.9 Å². The molecule has 5 rings (SSSR count). The predicted octanol–water partition coefficient (Wildman–Crippen LogP) is 4.32. The predicted molar refractivity (Wildman–Crippen MR) is 131 cm³/mol. The number of nitrogens with zero attached hydrogens (tertiary/aromatic N) is 4. The zero-order valence-corrected chi connectivity index (χ0v) is 18.9. The quantitative estimate of drug-likeness (QED) is 0.486. The number of anilines is 1. The summed E-state index contributed by atoms with van der Waals surface area (Å²) in [5.41, 5.74) is 5.76. The molecule has 33 heavy (non-hydrogen) atoms. The first-order valence-corrected chi connectivity index (χ1v) is 11.6. The van der Waals surface area contributed by atoms with Gasteiger partial charge in [-0.2, -0.15) is 0 Å². The van der Waals surface area contributed by atoms with Crippen molar-refractivity contribution in [2.24, 2.45) is 5.92 Å². The Morgan fingerprint density at radius 3 is 2.61 bits per heavy atom. The second kappa shape index (κ2) is 9.45. The largest absolute Gasteiger partial charge is 0.352 e. The van der Waals surface area contributed by atoms with Gasteiger partial charge in [-0.25, -0.2) is 4.98 Å². The van der Waals surface area contributed by atoms with Crippen molar-refractivity contribution in [3.05, 3.63) is 89.7 Å². The van der Waals surface area contributed by atoms with Crippen LogP contribution < -0.4 is 10.2 Å². The molecule has 1 fully saturated rings. The Bertz CT molecular complexity index is 1240. The van der Waals surface area contributed by atoms with Crippen LogP contribution in [-0.2, 0) is 17.9 Å². The number of para-hydroxylation sites is 2. The minimum atomic E-state index is 0.0344. The van der Waals surface area contributed by atoms with Gasteiger partial charge in [-0.3, -0.25) is 9.78 Å². The van der Waals surface area contributed by atoms with Crippen LogP contribution in [0.4, 0.5) is 5.95 Å². The molecule has 0 atom stereocenters. The number of aryl methyl sites for hydroxylation is 1. The Hall–Kier alpha value is -3.67. The van der Waals surface area contributed by atoms with Crippen LogP contribution in [0, 0.1) is 12.8 Å². The maximum absolute atomic E-state index is 12.7. The van der Waals surface area contributed by atoms with Crippen LogP contribution in [0.3, 0.4) is 0 Å². The maximum Gasteiger partial charge on any atom is 0.223 e. The first-order chi connectivity index (χ1) is 16.2. The molecule has 0 aliphatic carbocycles. The third-order valence-electron chi connectivity index (χ3n) is 6.56. The zero-order chi connectivity index (χ0) is 22.6. The number of hydrogen-bond acceptors (Lipinski definition) is 4. The van der Waals surface area contributed by atoms with Crippen molar-refractivity contribution in [3.63, 3.8) is 0 Å². The fourth-order valence-corrected chi connectivity index (χ4v) is 4.60. The van der Waals surface area contributed by atoms with Gasteiger partial charge in [0, 0.05) is 37.9 Å². The van der Waals surface area contributed by atoms with E-state index >= 15 is 0 Å². The molecule has 0 saturated carbocycles. The van der Waals surface area contributed by atoms with Crippen LogP contribution in [0.2, 0.25) is 0 Å². The Morgan fingerprint density at radius 1 is 1.03 bits per heavy atom. The number of pyridine rings is 1. The smallest absolute Gasteiger partial charge is 0.223 e. The topological polar surface area (TPSA) is 63.1 Å². The molecule has 6 heteroatoms. The van der Waals surface area contributed by atoms with Crippen LogP contribution >= 0.6 is 0 Å². The van der Waals surface area contributed by atoms with E-state index in [-0.39, 0.29) is 11.8 Å². The van der Waals surface area contributed by atoms with Crippen molar-refractivity contribution in [2.75, 3.05) is 18.0 Å². The van der Waals surface area contributed by atoms with Crippen molar-refractivity contribution in [1.29, 1.82) is 0 Å². The van der Waals surface area contributed by atoms with Crippen molar-refractivity contribution in [2.45, 2.75) is 32.9 Å². The van der Waals surface area contributed by atoms with Crippen molar-refractivity contribution in [3.8, 4) is 0 Å². The van der Waals surface area contributed by atoms with Crippen LogP contribution in [0.1, 0.15) is 29.5 Å². The Kier molecular flexibility index (Phi) is 6.07. The Labute approximate surface area is 194 Å². The van der Waals surface area contributed by atoms with E-state index in [0.717, 1.165) is 55.0 Å². The van der Waals surface area contributed by atoms with E-state index in [1.54, 1.807) is 12.4 Å². The number of imidazole rings is 1. The van der Waals surface area contributed by atoms with Gasteiger partial charge in [-0.05, 0) is 54.7 Å². The first-order valence-electron chi connectivity index (χ1n) is 11.6. The minimum absolute atomic E-state index is 0.0344. The van der Waals surface area contributed by atoms with Gasteiger partial charge >= 0.3 is 0 Å². The third kappa shape index (κ3) is 4.60. The third-order valence-corrected chi connectivity index (χ3v) is 6.56. The monoisotopic (exact) mass is 439 g/mol. The molecule has 0 unspecified atom stereocenters. The summed E-state index contributed by atoms with van der Waals surface area (Å²) in [6, 6.07) is 20.7. The van der Waals surface area contributed by atoms with Crippen molar-refractivity contribution >= 4 is 22.9 Å². The van der Waals surface area contributed by atoms with Crippen LogP contribution in [0.5, 0.6) is 0 Å². The normalized spacial score (nSPS) is 14.5. The van der Waals surface area contributed by atoms with Gasteiger partial charge in [-0.1, -0.05) is 42.5 Å². The molecule has 1 aliphatic heterocycles. The van der Waals surface area contributed by atoms with E-state index < -0.39 is 0 Å². The second-order valence-electron chi connectivity index (χ2n) is 8.75. The molecule has 4 aromatic rings. The van der Waals surface area contributed by atoms with Gasteiger partial charge in [-0.15, -0.1) is 0 Å². The van der Waals surface area contributed by atoms with Gasteiger partial charge in [0.15, 0.2) is 0 Å². The lowest BCUT2D eigenvalue weighted by atomic mass is 9.96. The molecule has 0 spiro atoms. The van der Waals surface area contributed by atoms with Gasteiger partial charge in [0.1, 0.15) is 0 Å². The fraction of sp³-hybridized carbons (Fsp3) is 0.296. The molecular weight excluding hydrogens is 410 g/mol. The number of aromatic nitrogens is 3. The number of benzene rings is 2. The number of fused-ring (bicyclic) bond motifs is 1. The molecule has 1 N–H and O–H groups in total. The summed E-state index contributed by atoms with van der Waals surface area (Å²) in [5.74, 6) is 1.16. The number of carbonyl (C=O) groups is 1. The fourth-order valence-electron chi connectivity index (χ4n) is 4.60. The van der Waals surface area contributed by atoms with E-state index in [2.05, 4.69) is 69.2 Å².